The highest BCUT2D eigenvalue weighted by Crippen LogP contribution is 2.33. The molecule has 1 N–H and O–H groups in total. The lowest BCUT2D eigenvalue weighted by Crippen LogP contribution is -2.33. The predicted octanol–water partition coefficient (Wildman–Crippen LogP) is 0.776. The molecule has 2 aliphatic heterocycles. The van der Waals surface area contributed by atoms with Crippen LogP contribution in [0.15, 0.2) is 0 Å². The van der Waals surface area contributed by atoms with Crippen LogP contribution in [0.3, 0.4) is 0 Å². The van der Waals surface area contributed by atoms with Crippen molar-refractivity contribution in [3.63, 3.8) is 0 Å². The predicted molar refractivity (Wildman–Crippen MR) is 40.0 cm³/mol. The van der Waals surface area contributed by atoms with Crippen molar-refractivity contribution >= 4 is 0 Å². The second-order valence-corrected chi connectivity index (χ2v) is 3.58. The zero-order chi connectivity index (χ0) is 6.86. The van der Waals surface area contributed by atoms with Crippen LogP contribution in [-0.4, -0.2) is 26.3 Å². The fraction of sp³-hybridized carbons (Fsp3) is 1.00. The van der Waals surface area contributed by atoms with Crippen LogP contribution < -0.4 is 5.32 Å². The number of hydrogen-bond acceptors (Lipinski definition) is 2. The number of hydrogen-bond donors (Lipinski definition) is 1. The van der Waals surface area contributed by atoms with E-state index in [2.05, 4.69) is 5.32 Å². The molecule has 1 unspecified atom stereocenters. The van der Waals surface area contributed by atoms with Crippen LogP contribution in [0.5, 0.6) is 0 Å². The van der Waals surface area contributed by atoms with Gasteiger partial charge in [-0.3, -0.25) is 0 Å². The third kappa shape index (κ3) is 1.06. The zero-order valence-electron chi connectivity index (χ0n) is 6.36. The van der Waals surface area contributed by atoms with Gasteiger partial charge in [-0.05, 0) is 25.8 Å². The van der Waals surface area contributed by atoms with Gasteiger partial charge in [0.2, 0.25) is 0 Å². The van der Waals surface area contributed by atoms with Crippen LogP contribution in [0.4, 0.5) is 0 Å². The Bertz CT molecular complexity index is 110. The Balaban J connectivity index is 1.98. The van der Waals surface area contributed by atoms with Crippen molar-refractivity contribution in [2.24, 2.45) is 5.41 Å². The third-order valence-corrected chi connectivity index (χ3v) is 2.74. The van der Waals surface area contributed by atoms with Crippen molar-refractivity contribution in [1.82, 2.24) is 5.32 Å². The molecule has 1 spiro atoms. The summed E-state index contributed by atoms with van der Waals surface area (Å²) in [4.78, 5) is 0. The quantitative estimate of drug-likeness (QED) is 0.538. The first-order chi connectivity index (χ1) is 4.91. The summed E-state index contributed by atoms with van der Waals surface area (Å²) in [5.74, 6) is 0. The smallest absolute Gasteiger partial charge is 0.0535 e. The van der Waals surface area contributed by atoms with E-state index in [0.29, 0.717) is 5.41 Å². The van der Waals surface area contributed by atoms with E-state index >= 15 is 0 Å². The molecule has 2 rings (SSSR count). The molecule has 2 fully saturated rings. The van der Waals surface area contributed by atoms with Gasteiger partial charge in [-0.25, -0.2) is 0 Å². The van der Waals surface area contributed by atoms with Gasteiger partial charge in [-0.1, -0.05) is 0 Å². The molecule has 2 heteroatoms. The highest BCUT2D eigenvalue weighted by Gasteiger charge is 2.35. The van der Waals surface area contributed by atoms with E-state index in [1.54, 1.807) is 0 Å². The maximum Gasteiger partial charge on any atom is 0.0535 e. The van der Waals surface area contributed by atoms with E-state index in [1.165, 1.54) is 32.4 Å². The molecule has 10 heavy (non-hydrogen) atoms. The first kappa shape index (κ1) is 6.62. The average molecular weight is 141 g/mol. The highest BCUT2D eigenvalue weighted by atomic mass is 16.5. The van der Waals surface area contributed by atoms with E-state index in [9.17, 15) is 0 Å². The van der Waals surface area contributed by atoms with Gasteiger partial charge < -0.3 is 10.1 Å². The van der Waals surface area contributed by atoms with Crippen molar-refractivity contribution in [2.45, 2.75) is 19.3 Å². The molecule has 2 aliphatic rings. The molecule has 2 heterocycles. The molecule has 0 aromatic rings. The Hall–Kier alpha value is -0.0800. The molecular weight excluding hydrogens is 126 g/mol. The molecule has 2 saturated heterocycles. The molecule has 1 atom stereocenters. The van der Waals surface area contributed by atoms with Crippen LogP contribution in [0.1, 0.15) is 19.3 Å². The summed E-state index contributed by atoms with van der Waals surface area (Å²) in [5, 5.41) is 3.40. The van der Waals surface area contributed by atoms with Crippen molar-refractivity contribution in [1.29, 1.82) is 0 Å². The lowest BCUT2D eigenvalue weighted by molar-refractivity contribution is 0.00347. The SMILES string of the molecule is C1COCC2(C1)CCNC2. The number of ether oxygens (including phenoxy) is 1. The lowest BCUT2D eigenvalue weighted by atomic mass is 9.82. The third-order valence-electron chi connectivity index (χ3n) is 2.74. The average Bonchev–Trinajstić information content (AvgIpc) is 2.39. The molecule has 0 saturated carbocycles. The molecule has 58 valence electrons. The Morgan fingerprint density at radius 3 is 2.90 bits per heavy atom. The minimum atomic E-state index is 0.540. The zero-order valence-corrected chi connectivity index (χ0v) is 6.36. The molecular formula is C8H15NO. The van der Waals surface area contributed by atoms with Crippen molar-refractivity contribution < 1.29 is 4.74 Å². The monoisotopic (exact) mass is 141 g/mol. The Morgan fingerprint density at radius 1 is 1.30 bits per heavy atom. The number of rotatable bonds is 0. The largest absolute Gasteiger partial charge is 0.381 e. The van der Waals surface area contributed by atoms with E-state index in [1.807, 2.05) is 0 Å². The summed E-state index contributed by atoms with van der Waals surface area (Å²) in [5.41, 5.74) is 0.540. The Kier molecular flexibility index (Phi) is 1.66. The van der Waals surface area contributed by atoms with Gasteiger partial charge in [0.15, 0.2) is 0 Å². The van der Waals surface area contributed by atoms with Crippen LogP contribution >= 0.6 is 0 Å². The topological polar surface area (TPSA) is 21.3 Å². The van der Waals surface area contributed by atoms with Gasteiger partial charge in [0.1, 0.15) is 0 Å². The molecule has 0 radical (unpaired) electrons. The second-order valence-electron chi connectivity index (χ2n) is 3.58. The van der Waals surface area contributed by atoms with Gasteiger partial charge in [0, 0.05) is 18.6 Å². The van der Waals surface area contributed by atoms with Crippen LogP contribution in [-0.2, 0) is 4.74 Å². The summed E-state index contributed by atoms with van der Waals surface area (Å²) in [7, 11) is 0. The van der Waals surface area contributed by atoms with E-state index in [0.717, 1.165) is 13.2 Å². The summed E-state index contributed by atoms with van der Waals surface area (Å²) in [6, 6.07) is 0. The minimum Gasteiger partial charge on any atom is -0.381 e. The first-order valence-corrected chi connectivity index (χ1v) is 4.20. The maximum atomic E-state index is 5.47. The van der Waals surface area contributed by atoms with Crippen LogP contribution in [0.2, 0.25) is 0 Å². The molecule has 2 nitrogen and oxygen atoms in total. The standard InChI is InChI=1S/C8H15NO/c1-2-8(7-10-5-1)3-4-9-6-8/h9H,1-7H2. The second kappa shape index (κ2) is 2.51. The maximum absolute atomic E-state index is 5.47. The normalized spacial score (nSPS) is 40.8. The van der Waals surface area contributed by atoms with Gasteiger partial charge >= 0.3 is 0 Å². The number of nitrogens with one attached hydrogen (secondary N) is 1. The van der Waals surface area contributed by atoms with Crippen LogP contribution in [0, 0.1) is 5.41 Å². The molecule has 0 aliphatic carbocycles. The van der Waals surface area contributed by atoms with E-state index in [4.69, 9.17) is 4.74 Å². The van der Waals surface area contributed by atoms with Gasteiger partial charge in [0.05, 0.1) is 6.61 Å². The fourth-order valence-electron chi connectivity index (χ4n) is 2.04. The molecule has 0 amide bonds. The highest BCUT2D eigenvalue weighted by molar-refractivity contribution is 4.89. The molecule has 0 aromatic carbocycles. The van der Waals surface area contributed by atoms with Crippen molar-refractivity contribution in [3.8, 4) is 0 Å². The first-order valence-electron chi connectivity index (χ1n) is 4.20. The van der Waals surface area contributed by atoms with Crippen LogP contribution in [0.25, 0.3) is 0 Å². The summed E-state index contributed by atoms with van der Waals surface area (Å²) in [6.45, 7) is 4.37. The molecule has 0 aromatic heterocycles. The Morgan fingerprint density at radius 2 is 2.30 bits per heavy atom. The van der Waals surface area contributed by atoms with Gasteiger partial charge in [-0.2, -0.15) is 0 Å². The fourth-order valence-corrected chi connectivity index (χ4v) is 2.04. The summed E-state index contributed by atoms with van der Waals surface area (Å²) in [6.07, 6.45) is 3.97. The van der Waals surface area contributed by atoms with Crippen molar-refractivity contribution in [3.05, 3.63) is 0 Å². The molecule has 0 bridgehead atoms. The van der Waals surface area contributed by atoms with Gasteiger partial charge in [-0.15, -0.1) is 0 Å². The van der Waals surface area contributed by atoms with Gasteiger partial charge in [0.25, 0.3) is 0 Å². The lowest BCUT2D eigenvalue weighted by Gasteiger charge is -2.31. The van der Waals surface area contributed by atoms with E-state index < -0.39 is 0 Å². The summed E-state index contributed by atoms with van der Waals surface area (Å²) >= 11 is 0. The van der Waals surface area contributed by atoms with Crippen molar-refractivity contribution in [2.75, 3.05) is 26.3 Å². The Labute approximate surface area is 61.9 Å². The van der Waals surface area contributed by atoms with E-state index in [-0.39, 0.29) is 0 Å². The summed E-state index contributed by atoms with van der Waals surface area (Å²) < 4.78 is 5.47. The minimum absolute atomic E-state index is 0.540.